The van der Waals surface area contributed by atoms with Crippen LogP contribution in [0.5, 0.6) is 0 Å². The number of hydrogen-bond acceptors (Lipinski definition) is 2. The summed E-state index contributed by atoms with van der Waals surface area (Å²) in [5.41, 5.74) is 1.27. The normalized spacial score (nSPS) is 13.4. The summed E-state index contributed by atoms with van der Waals surface area (Å²) in [6, 6.07) is 1.89. The Morgan fingerprint density at radius 3 is 2.61 bits per heavy atom. The molecule has 0 radical (unpaired) electrons. The van der Waals surface area contributed by atoms with Crippen LogP contribution in [0.15, 0.2) is 9.85 Å². The summed E-state index contributed by atoms with van der Waals surface area (Å²) >= 11 is 11.1. The van der Waals surface area contributed by atoms with Crippen molar-refractivity contribution in [2.24, 2.45) is 5.41 Å². The quantitative estimate of drug-likeness (QED) is 0.789. The molecule has 1 aromatic rings. The number of nitrogens with one attached hydrogen (secondary N) is 1. The van der Waals surface area contributed by atoms with Crippen molar-refractivity contribution in [3.8, 4) is 0 Å². The Balaban J connectivity index is 2.46. The predicted molar refractivity (Wildman–Crippen MR) is 82.8 cm³/mol. The molecule has 0 fully saturated rings. The lowest BCUT2D eigenvalue weighted by Gasteiger charge is -2.21. The fraction of sp³-hybridized carbons (Fsp3) is 0.615. The van der Waals surface area contributed by atoms with Crippen molar-refractivity contribution < 1.29 is 4.79 Å². The second kappa shape index (κ2) is 6.40. The summed E-state index contributed by atoms with van der Waals surface area (Å²) in [5, 5.41) is 2.85. The van der Waals surface area contributed by atoms with E-state index < -0.39 is 0 Å². The van der Waals surface area contributed by atoms with Gasteiger partial charge in [0.05, 0.1) is 14.0 Å². The van der Waals surface area contributed by atoms with E-state index >= 15 is 0 Å². The number of amides is 1. The summed E-state index contributed by atoms with van der Waals surface area (Å²) in [7, 11) is 0. The van der Waals surface area contributed by atoms with Gasteiger partial charge in [-0.05, 0) is 46.3 Å². The summed E-state index contributed by atoms with van der Waals surface area (Å²) in [6.07, 6.45) is 0.877. The van der Waals surface area contributed by atoms with Crippen molar-refractivity contribution in [1.29, 1.82) is 0 Å². The van der Waals surface area contributed by atoms with Crippen LogP contribution in [0.25, 0.3) is 0 Å². The summed E-state index contributed by atoms with van der Waals surface area (Å²) in [5.74, 6) is -0.0478. The van der Waals surface area contributed by atoms with Gasteiger partial charge in [0.25, 0.3) is 5.91 Å². The minimum absolute atomic E-state index is 0.0292. The zero-order chi connectivity index (χ0) is 13.9. The Labute approximate surface area is 126 Å². The van der Waals surface area contributed by atoms with Crippen LogP contribution in [0.3, 0.4) is 0 Å². The van der Waals surface area contributed by atoms with Gasteiger partial charge in [0.15, 0.2) is 0 Å². The molecular formula is C13H19BrClNOS. The van der Waals surface area contributed by atoms with E-state index in [0.717, 1.165) is 20.6 Å². The first-order valence-electron chi connectivity index (χ1n) is 5.87. The fourth-order valence-electron chi connectivity index (χ4n) is 1.60. The third kappa shape index (κ3) is 5.29. The predicted octanol–water partition coefficient (Wildman–Crippen LogP) is 4.59. The van der Waals surface area contributed by atoms with Gasteiger partial charge >= 0.3 is 0 Å². The van der Waals surface area contributed by atoms with Crippen molar-refractivity contribution in [3.05, 3.63) is 20.3 Å². The first-order valence-corrected chi connectivity index (χ1v) is 7.92. The molecule has 5 heteroatoms. The van der Waals surface area contributed by atoms with E-state index in [4.69, 9.17) is 11.6 Å². The second-order valence-corrected chi connectivity index (χ2v) is 8.63. The zero-order valence-corrected chi connectivity index (χ0v) is 14.3. The maximum absolute atomic E-state index is 11.9. The number of rotatable bonds is 4. The first-order chi connectivity index (χ1) is 8.19. The zero-order valence-electron chi connectivity index (χ0n) is 11.1. The van der Waals surface area contributed by atoms with Crippen LogP contribution < -0.4 is 5.32 Å². The highest BCUT2D eigenvalue weighted by atomic mass is 79.9. The molecule has 0 aliphatic heterocycles. The molecule has 102 valence electrons. The van der Waals surface area contributed by atoms with Gasteiger partial charge in [0.2, 0.25) is 0 Å². The number of aryl methyl sites for hydroxylation is 1. The van der Waals surface area contributed by atoms with Crippen molar-refractivity contribution in [3.63, 3.8) is 0 Å². The van der Waals surface area contributed by atoms with Gasteiger partial charge in [-0.1, -0.05) is 20.8 Å². The van der Waals surface area contributed by atoms with Crippen LogP contribution in [-0.4, -0.2) is 17.8 Å². The number of alkyl halides is 1. The molecule has 0 aromatic carbocycles. The number of carbonyl (C=O) groups excluding carboxylic acids is 1. The van der Waals surface area contributed by atoms with Crippen LogP contribution in [-0.2, 0) is 0 Å². The van der Waals surface area contributed by atoms with Gasteiger partial charge in [0.1, 0.15) is 0 Å². The van der Waals surface area contributed by atoms with Crippen LogP contribution >= 0.6 is 38.9 Å². The highest BCUT2D eigenvalue weighted by Crippen LogP contribution is 2.27. The van der Waals surface area contributed by atoms with Gasteiger partial charge in [-0.15, -0.1) is 22.9 Å². The van der Waals surface area contributed by atoms with Crippen molar-refractivity contribution in [2.45, 2.75) is 39.5 Å². The molecule has 2 nitrogen and oxygen atoms in total. The smallest absolute Gasteiger partial charge is 0.261 e. The van der Waals surface area contributed by atoms with Gasteiger partial charge in [-0.25, -0.2) is 0 Å². The van der Waals surface area contributed by atoms with Crippen LogP contribution in [0, 0.1) is 12.3 Å². The molecule has 0 saturated carbocycles. The summed E-state index contributed by atoms with van der Waals surface area (Å²) in [4.78, 5) is 12.6. The molecule has 1 amide bonds. The van der Waals surface area contributed by atoms with Gasteiger partial charge in [0, 0.05) is 6.54 Å². The van der Waals surface area contributed by atoms with Crippen molar-refractivity contribution in [2.75, 3.05) is 6.54 Å². The number of hydrogen-bond donors (Lipinski definition) is 1. The average molecular weight is 353 g/mol. The van der Waals surface area contributed by atoms with Gasteiger partial charge in [-0.3, -0.25) is 4.79 Å². The highest BCUT2D eigenvalue weighted by Gasteiger charge is 2.18. The molecule has 1 unspecified atom stereocenters. The Morgan fingerprint density at radius 1 is 1.56 bits per heavy atom. The minimum Gasteiger partial charge on any atom is -0.350 e. The molecule has 1 aromatic heterocycles. The molecule has 18 heavy (non-hydrogen) atoms. The molecule has 0 saturated heterocycles. The summed E-state index contributed by atoms with van der Waals surface area (Å²) < 4.78 is 1.00. The van der Waals surface area contributed by atoms with Crippen LogP contribution in [0.4, 0.5) is 0 Å². The molecule has 0 aliphatic rings. The number of carbonyl (C=O) groups is 1. The Morgan fingerprint density at radius 2 is 2.17 bits per heavy atom. The fourth-order valence-corrected chi connectivity index (χ4v) is 3.59. The monoisotopic (exact) mass is 351 g/mol. The van der Waals surface area contributed by atoms with Crippen LogP contribution in [0.2, 0.25) is 0 Å². The molecule has 0 aliphatic carbocycles. The van der Waals surface area contributed by atoms with Crippen LogP contribution in [0.1, 0.15) is 42.4 Å². The Kier molecular flexibility index (Phi) is 5.68. The number of halogens is 2. The molecular weight excluding hydrogens is 334 g/mol. The second-order valence-electron chi connectivity index (χ2n) is 5.64. The summed E-state index contributed by atoms with van der Waals surface area (Å²) in [6.45, 7) is 8.91. The molecule has 1 heterocycles. The Bertz CT molecular complexity index is 406. The minimum atomic E-state index is -0.0478. The first kappa shape index (κ1) is 16.0. The van der Waals surface area contributed by atoms with Gasteiger partial charge < -0.3 is 5.32 Å². The lowest BCUT2D eigenvalue weighted by molar-refractivity contribution is 0.0956. The van der Waals surface area contributed by atoms with E-state index in [9.17, 15) is 4.79 Å². The topological polar surface area (TPSA) is 29.1 Å². The van der Waals surface area contributed by atoms with E-state index in [2.05, 4.69) is 42.0 Å². The molecule has 1 N–H and O–H groups in total. The largest absolute Gasteiger partial charge is 0.350 e. The van der Waals surface area contributed by atoms with Gasteiger partial charge in [-0.2, -0.15) is 0 Å². The number of thiophene rings is 1. The van der Waals surface area contributed by atoms with Crippen molar-refractivity contribution >= 4 is 44.8 Å². The average Bonchev–Trinajstić information content (AvgIpc) is 2.53. The standard InChI is InChI=1S/C13H19BrClNOS/c1-8-5-10(18-11(8)14)12(17)16-7-9(15)6-13(2,3)4/h5,9H,6-7H2,1-4H3,(H,16,17). The maximum atomic E-state index is 11.9. The van der Waals surface area contributed by atoms with E-state index in [0.29, 0.717) is 6.54 Å². The van der Waals surface area contributed by atoms with E-state index in [1.807, 2.05) is 13.0 Å². The third-order valence-electron chi connectivity index (χ3n) is 2.40. The lowest BCUT2D eigenvalue weighted by Crippen LogP contribution is -2.31. The van der Waals surface area contributed by atoms with E-state index in [-0.39, 0.29) is 16.7 Å². The third-order valence-corrected chi connectivity index (χ3v) is 4.84. The molecule has 1 rings (SSSR count). The van der Waals surface area contributed by atoms with E-state index in [1.54, 1.807) is 0 Å². The molecule has 0 bridgehead atoms. The SMILES string of the molecule is Cc1cc(C(=O)NCC(Cl)CC(C)(C)C)sc1Br. The van der Waals surface area contributed by atoms with E-state index in [1.165, 1.54) is 11.3 Å². The van der Waals surface area contributed by atoms with Crippen molar-refractivity contribution in [1.82, 2.24) is 5.32 Å². The maximum Gasteiger partial charge on any atom is 0.261 e. The molecule has 0 spiro atoms. The Hall–Kier alpha value is -0.0600. The molecule has 1 atom stereocenters. The highest BCUT2D eigenvalue weighted by molar-refractivity contribution is 9.11. The lowest BCUT2D eigenvalue weighted by atomic mass is 9.90.